The molecule has 2 aromatic rings. The zero-order valence-corrected chi connectivity index (χ0v) is 13.1. The van der Waals surface area contributed by atoms with E-state index in [2.05, 4.69) is 35.1 Å². The predicted molar refractivity (Wildman–Crippen MR) is 82.7 cm³/mol. The first kappa shape index (κ1) is 15.0. The highest BCUT2D eigenvalue weighted by Crippen LogP contribution is 2.27. The molecule has 106 valence electrons. The highest BCUT2D eigenvalue weighted by Gasteiger charge is 2.04. The molecule has 0 aliphatic rings. The lowest BCUT2D eigenvalue weighted by atomic mass is 10.1. The molecule has 0 bridgehead atoms. The lowest BCUT2D eigenvalue weighted by Crippen LogP contribution is -2.12. The first-order chi connectivity index (χ1) is 9.60. The molecular weight excluding hydrogens is 321 g/mol. The van der Waals surface area contributed by atoms with Crippen molar-refractivity contribution >= 4 is 15.9 Å². The summed E-state index contributed by atoms with van der Waals surface area (Å²) in [5.41, 5.74) is 2.42. The van der Waals surface area contributed by atoms with Gasteiger partial charge in [-0.15, -0.1) is 0 Å². The molecule has 0 spiro atoms. The Hall–Kier alpha value is -1.39. The maximum Gasteiger partial charge on any atom is 0.137 e. The first-order valence-electron chi connectivity index (χ1n) is 6.53. The van der Waals surface area contributed by atoms with Crippen LogP contribution in [0.2, 0.25) is 0 Å². The van der Waals surface area contributed by atoms with Gasteiger partial charge in [-0.1, -0.05) is 13.0 Å². The molecule has 4 heteroatoms. The fourth-order valence-corrected chi connectivity index (χ4v) is 2.22. The second-order valence-electron chi connectivity index (χ2n) is 4.55. The van der Waals surface area contributed by atoms with Gasteiger partial charge < -0.3 is 10.1 Å². The molecule has 20 heavy (non-hydrogen) atoms. The Morgan fingerprint density at radius 1 is 1.15 bits per heavy atom. The zero-order valence-electron chi connectivity index (χ0n) is 11.5. The topological polar surface area (TPSA) is 21.3 Å². The van der Waals surface area contributed by atoms with Gasteiger partial charge in [0.1, 0.15) is 17.3 Å². The van der Waals surface area contributed by atoms with E-state index in [1.54, 1.807) is 12.1 Å². The summed E-state index contributed by atoms with van der Waals surface area (Å²) in [4.78, 5) is 0. The van der Waals surface area contributed by atoms with Crippen LogP contribution in [0.25, 0.3) is 0 Å². The lowest BCUT2D eigenvalue weighted by Gasteiger charge is -2.10. The van der Waals surface area contributed by atoms with Crippen molar-refractivity contribution in [3.8, 4) is 11.5 Å². The van der Waals surface area contributed by atoms with E-state index in [1.807, 2.05) is 18.2 Å². The minimum absolute atomic E-state index is 0.297. The molecule has 0 heterocycles. The van der Waals surface area contributed by atoms with E-state index < -0.39 is 0 Å². The van der Waals surface area contributed by atoms with E-state index >= 15 is 0 Å². The van der Waals surface area contributed by atoms with Crippen molar-refractivity contribution in [3.05, 3.63) is 57.8 Å². The number of rotatable bonds is 5. The molecule has 1 N–H and O–H groups in total. The van der Waals surface area contributed by atoms with Crippen LogP contribution in [0.1, 0.15) is 18.1 Å². The van der Waals surface area contributed by atoms with Gasteiger partial charge in [0.05, 0.1) is 4.47 Å². The molecule has 0 atom stereocenters. The number of nitrogens with one attached hydrogen (secondary N) is 1. The lowest BCUT2D eigenvalue weighted by molar-refractivity contribution is 0.479. The fraction of sp³-hybridized carbons (Fsp3) is 0.250. The highest BCUT2D eigenvalue weighted by molar-refractivity contribution is 9.10. The van der Waals surface area contributed by atoms with Crippen LogP contribution in [0.5, 0.6) is 11.5 Å². The molecule has 0 saturated heterocycles. The summed E-state index contributed by atoms with van der Waals surface area (Å²) in [6, 6.07) is 10.6. The minimum atomic E-state index is -0.297. The maximum absolute atomic E-state index is 13.2. The third-order valence-electron chi connectivity index (χ3n) is 3.01. The van der Waals surface area contributed by atoms with E-state index in [0.29, 0.717) is 10.2 Å². The maximum atomic E-state index is 13.2. The smallest absolute Gasteiger partial charge is 0.137 e. The monoisotopic (exact) mass is 337 g/mol. The standard InChI is InChI=1S/C16H17BrFNO/c1-3-19-10-12-4-5-13(8-11(12)2)20-14-6-7-16(18)15(17)9-14/h4-9,19H,3,10H2,1-2H3. The summed E-state index contributed by atoms with van der Waals surface area (Å²) < 4.78 is 19.3. The molecule has 0 unspecified atom stereocenters. The number of hydrogen-bond acceptors (Lipinski definition) is 2. The zero-order chi connectivity index (χ0) is 14.5. The van der Waals surface area contributed by atoms with Crippen molar-refractivity contribution in [2.75, 3.05) is 6.54 Å². The summed E-state index contributed by atoms with van der Waals surface area (Å²) in [7, 11) is 0. The number of ether oxygens (including phenoxy) is 1. The molecule has 0 amide bonds. The average molecular weight is 338 g/mol. The molecule has 0 saturated carbocycles. The van der Waals surface area contributed by atoms with Gasteiger partial charge in [-0.25, -0.2) is 4.39 Å². The van der Waals surface area contributed by atoms with Crippen LogP contribution in [-0.4, -0.2) is 6.54 Å². The van der Waals surface area contributed by atoms with Gasteiger partial charge in [-0.3, -0.25) is 0 Å². The Balaban J connectivity index is 2.13. The van der Waals surface area contributed by atoms with Crippen molar-refractivity contribution in [2.45, 2.75) is 20.4 Å². The number of aryl methyl sites for hydroxylation is 1. The van der Waals surface area contributed by atoms with Crippen LogP contribution in [0.4, 0.5) is 4.39 Å². The van der Waals surface area contributed by atoms with E-state index in [1.165, 1.54) is 17.2 Å². The van der Waals surface area contributed by atoms with Crippen molar-refractivity contribution < 1.29 is 9.13 Å². The van der Waals surface area contributed by atoms with E-state index in [9.17, 15) is 4.39 Å². The van der Waals surface area contributed by atoms with Crippen molar-refractivity contribution in [2.24, 2.45) is 0 Å². The molecule has 0 radical (unpaired) electrons. The SMILES string of the molecule is CCNCc1ccc(Oc2ccc(F)c(Br)c2)cc1C. The molecular formula is C16H17BrFNO. The quantitative estimate of drug-likeness (QED) is 0.846. The van der Waals surface area contributed by atoms with Crippen LogP contribution < -0.4 is 10.1 Å². The normalized spacial score (nSPS) is 10.6. The molecule has 2 nitrogen and oxygen atoms in total. The Morgan fingerprint density at radius 2 is 1.85 bits per heavy atom. The minimum Gasteiger partial charge on any atom is -0.457 e. The predicted octanol–water partition coefficient (Wildman–Crippen LogP) is 4.80. The molecule has 0 aliphatic heterocycles. The van der Waals surface area contributed by atoms with Gasteiger partial charge in [0.15, 0.2) is 0 Å². The Morgan fingerprint density at radius 3 is 2.50 bits per heavy atom. The van der Waals surface area contributed by atoms with Crippen molar-refractivity contribution in [1.29, 1.82) is 0 Å². The van der Waals surface area contributed by atoms with E-state index in [0.717, 1.165) is 18.8 Å². The van der Waals surface area contributed by atoms with Gasteiger partial charge in [0.25, 0.3) is 0 Å². The van der Waals surface area contributed by atoms with Gasteiger partial charge in [0.2, 0.25) is 0 Å². The van der Waals surface area contributed by atoms with Gasteiger partial charge >= 0.3 is 0 Å². The Labute approximate surface area is 127 Å². The third kappa shape index (κ3) is 3.81. The van der Waals surface area contributed by atoms with Crippen LogP contribution in [-0.2, 0) is 6.54 Å². The number of hydrogen-bond donors (Lipinski definition) is 1. The number of benzene rings is 2. The van der Waals surface area contributed by atoms with Crippen LogP contribution in [0.3, 0.4) is 0 Å². The van der Waals surface area contributed by atoms with Crippen molar-refractivity contribution in [3.63, 3.8) is 0 Å². The fourth-order valence-electron chi connectivity index (χ4n) is 1.87. The van der Waals surface area contributed by atoms with Crippen LogP contribution in [0.15, 0.2) is 40.9 Å². The summed E-state index contributed by atoms with van der Waals surface area (Å²) >= 11 is 3.15. The summed E-state index contributed by atoms with van der Waals surface area (Å²) in [5, 5.41) is 3.30. The second kappa shape index (κ2) is 6.86. The second-order valence-corrected chi connectivity index (χ2v) is 5.40. The highest BCUT2D eigenvalue weighted by atomic mass is 79.9. The summed E-state index contributed by atoms with van der Waals surface area (Å²) in [5.74, 6) is 1.06. The molecule has 0 aromatic heterocycles. The summed E-state index contributed by atoms with van der Waals surface area (Å²) in [6.45, 7) is 5.94. The first-order valence-corrected chi connectivity index (χ1v) is 7.32. The van der Waals surface area contributed by atoms with Crippen LogP contribution in [0, 0.1) is 12.7 Å². The largest absolute Gasteiger partial charge is 0.457 e. The van der Waals surface area contributed by atoms with E-state index in [-0.39, 0.29) is 5.82 Å². The Bertz CT molecular complexity index is 601. The van der Waals surface area contributed by atoms with Gasteiger partial charge in [-0.2, -0.15) is 0 Å². The van der Waals surface area contributed by atoms with E-state index in [4.69, 9.17) is 4.74 Å². The molecule has 0 aliphatic carbocycles. The molecule has 0 fully saturated rings. The molecule has 2 aromatic carbocycles. The van der Waals surface area contributed by atoms with Gasteiger partial charge in [-0.05, 0) is 70.9 Å². The molecule has 2 rings (SSSR count). The number of halogens is 2. The van der Waals surface area contributed by atoms with Crippen molar-refractivity contribution in [1.82, 2.24) is 5.32 Å². The van der Waals surface area contributed by atoms with Crippen LogP contribution >= 0.6 is 15.9 Å². The average Bonchev–Trinajstić information content (AvgIpc) is 2.42. The Kier molecular flexibility index (Phi) is 5.15. The summed E-state index contributed by atoms with van der Waals surface area (Å²) in [6.07, 6.45) is 0. The third-order valence-corrected chi connectivity index (χ3v) is 3.61. The van der Waals surface area contributed by atoms with Gasteiger partial charge in [0, 0.05) is 6.54 Å².